The molecule has 3 heteroatoms. The minimum Gasteiger partial charge on any atom is -0.497 e. The molecular formula is C43H44O3. The predicted octanol–water partition coefficient (Wildman–Crippen LogP) is 11.2. The molecule has 1 aliphatic heterocycles. The smallest absolute Gasteiger partial charge is 0.178 e. The third-order valence-electron chi connectivity index (χ3n) is 10.4. The molecule has 1 unspecified atom stereocenters. The van der Waals surface area contributed by atoms with E-state index in [0.717, 1.165) is 59.6 Å². The fourth-order valence-corrected chi connectivity index (χ4v) is 7.94. The first-order valence-corrected chi connectivity index (χ1v) is 17.0. The van der Waals surface area contributed by atoms with Gasteiger partial charge in [0.15, 0.2) is 5.60 Å². The predicted molar refractivity (Wildman–Crippen MR) is 190 cm³/mol. The fourth-order valence-electron chi connectivity index (χ4n) is 7.94. The number of fused-ring (bicyclic) bond motifs is 8. The molecule has 46 heavy (non-hydrogen) atoms. The van der Waals surface area contributed by atoms with Crippen LogP contribution in [0.2, 0.25) is 0 Å². The third kappa shape index (κ3) is 4.71. The lowest BCUT2D eigenvalue weighted by Gasteiger charge is -2.39. The maximum Gasteiger partial charge on any atom is 0.178 e. The summed E-state index contributed by atoms with van der Waals surface area (Å²) >= 11 is 0. The molecule has 5 aromatic carbocycles. The highest BCUT2D eigenvalue weighted by Crippen LogP contribution is 2.60. The maximum absolute atomic E-state index is 7.48. The third-order valence-corrected chi connectivity index (χ3v) is 10.4. The van der Waals surface area contributed by atoms with Gasteiger partial charge in [0.25, 0.3) is 0 Å². The second-order valence-electron chi connectivity index (χ2n) is 12.7. The second kappa shape index (κ2) is 12.4. The molecule has 0 fully saturated rings. The van der Waals surface area contributed by atoms with Crippen molar-refractivity contribution in [2.24, 2.45) is 0 Å². The van der Waals surface area contributed by atoms with Crippen molar-refractivity contribution in [1.82, 2.24) is 0 Å². The van der Waals surface area contributed by atoms with E-state index in [1.54, 1.807) is 7.11 Å². The summed E-state index contributed by atoms with van der Waals surface area (Å²) in [4.78, 5) is 0. The normalized spacial score (nSPS) is 17.2. The number of hydrogen-bond acceptors (Lipinski definition) is 3. The van der Waals surface area contributed by atoms with Crippen LogP contribution in [0.3, 0.4) is 0 Å². The number of rotatable bonds is 11. The Balaban J connectivity index is 1.40. The Morgan fingerprint density at radius 1 is 0.674 bits per heavy atom. The molecule has 0 saturated carbocycles. The zero-order valence-corrected chi connectivity index (χ0v) is 27.6. The largest absolute Gasteiger partial charge is 0.497 e. The van der Waals surface area contributed by atoms with Crippen LogP contribution < -0.4 is 14.2 Å². The van der Waals surface area contributed by atoms with E-state index < -0.39 is 5.60 Å². The zero-order valence-electron chi connectivity index (χ0n) is 27.6. The Morgan fingerprint density at radius 2 is 1.33 bits per heavy atom. The molecule has 234 valence electrons. The molecule has 1 aliphatic carbocycles. The van der Waals surface area contributed by atoms with Gasteiger partial charge in [0.2, 0.25) is 0 Å². The van der Waals surface area contributed by atoms with Gasteiger partial charge in [-0.05, 0) is 77.2 Å². The summed E-state index contributed by atoms with van der Waals surface area (Å²) in [6.07, 6.45) is 11.4. The average Bonchev–Trinajstić information content (AvgIpc) is 3.42. The van der Waals surface area contributed by atoms with Crippen LogP contribution in [0, 0.1) is 0 Å². The lowest BCUT2D eigenvalue weighted by Crippen LogP contribution is -2.35. The van der Waals surface area contributed by atoms with Crippen molar-refractivity contribution in [2.75, 3.05) is 13.7 Å². The molecule has 0 N–H and O–H groups in total. The molecule has 0 bridgehead atoms. The van der Waals surface area contributed by atoms with Crippen LogP contribution in [-0.4, -0.2) is 13.7 Å². The topological polar surface area (TPSA) is 27.7 Å². The molecule has 7 rings (SSSR count). The highest BCUT2D eigenvalue weighted by Gasteiger charge is 2.46. The van der Waals surface area contributed by atoms with Crippen LogP contribution in [0.25, 0.3) is 28.0 Å². The van der Waals surface area contributed by atoms with E-state index in [0.29, 0.717) is 0 Å². The van der Waals surface area contributed by atoms with Crippen LogP contribution in [0.5, 0.6) is 17.2 Å². The summed E-state index contributed by atoms with van der Waals surface area (Å²) in [7, 11) is 1.71. The molecule has 0 saturated heterocycles. The first kappa shape index (κ1) is 30.2. The molecule has 2 aliphatic rings. The quantitative estimate of drug-likeness (QED) is 0.140. The number of methoxy groups -OCH3 is 1. The number of hydrogen-bond donors (Lipinski definition) is 0. The van der Waals surface area contributed by atoms with Crippen LogP contribution in [0.1, 0.15) is 87.1 Å². The first-order valence-electron chi connectivity index (χ1n) is 17.0. The fraction of sp³-hybridized carbons (Fsp3) is 0.302. The lowest BCUT2D eigenvalue weighted by molar-refractivity contribution is 0.163. The van der Waals surface area contributed by atoms with Crippen LogP contribution in [0.15, 0.2) is 103 Å². The van der Waals surface area contributed by atoms with Crippen molar-refractivity contribution in [3.05, 3.63) is 131 Å². The molecule has 0 radical (unpaired) electrons. The monoisotopic (exact) mass is 608 g/mol. The van der Waals surface area contributed by atoms with E-state index in [9.17, 15) is 0 Å². The van der Waals surface area contributed by atoms with Gasteiger partial charge >= 0.3 is 0 Å². The molecule has 1 atom stereocenters. The van der Waals surface area contributed by atoms with E-state index in [4.69, 9.17) is 14.2 Å². The molecule has 3 nitrogen and oxygen atoms in total. The van der Waals surface area contributed by atoms with Crippen LogP contribution in [0.4, 0.5) is 0 Å². The van der Waals surface area contributed by atoms with Crippen molar-refractivity contribution >= 4 is 16.8 Å². The lowest BCUT2D eigenvalue weighted by atomic mass is 9.71. The molecule has 5 aromatic rings. The van der Waals surface area contributed by atoms with Crippen molar-refractivity contribution in [2.45, 2.75) is 70.3 Å². The maximum atomic E-state index is 7.48. The highest BCUT2D eigenvalue weighted by molar-refractivity contribution is 6.08. The van der Waals surface area contributed by atoms with E-state index in [1.165, 1.54) is 52.5 Å². The second-order valence-corrected chi connectivity index (χ2v) is 12.7. The number of unbranched alkanes of at least 4 members (excludes halogenated alkanes) is 3. The van der Waals surface area contributed by atoms with Crippen molar-refractivity contribution in [3.8, 4) is 28.4 Å². The Kier molecular flexibility index (Phi) is 8.11. The van der Waals surface area contributed by atoms with Gasteiger partial charge in [-0.15, -0.1) is 0 Å². The van der Waals surface area contributed by atoms with E-state index in [1.807, 2.05) is 12.1 Å². The summed E-state index contributed by atoms with van der Waals surface area (Å²) in [5.74, 6) is 2.66. The Hall–Kier alpha value is -4.50. The first-order chi connectivity index (χ1) is 22.6. The molecule has 0 amide bonds. The van der Waals surface area contributed by atoms with Gasteiger partial charge in [-0.1, -0.05) is 119 Å². The van der Waals surface area contributed by atoms with Gasteiger partial charge < -0.3 is 14.2 Å². The van der Waals surface area contributed by atoms with E-state index in [-0.39, 0.29) is 5.41 Å². The Morgan fingerprint density at radius 3 is 2.00 bits per heavy atom. The van der Waals surface area contributed by atoms with Crippen LogP contribution >= 0.6 is 0 Å². The van der Waals surface area contributed by atoms with Crippen molar-refractivity contribution in [1.29, 1.82) is 0 Å². The SMILES string of the molecule is CCCCCCOc1ccc(C2(c3ccc(OC)cc3)C=Cc3c4c(c5ccccc5c3O2)-c2ccccc2C4(CC)CC)cc1. The number of ether oxygens (including phenoxy) is 3. The van der Waals surface area contributed by atoms with E-state index >= 15 is 0 Å². The molecule has 0 spiro atoms. The number of benzene rings is 5. The Bertz CT molecular complexity index is 1880. The minimum absolute atomic E-state index is 0.0794. The molecule has 1 heterocycles. The zero-order chi connectivity index (χ0) is 31.7. The van der Waals surface area contributed by atoms with Gasteiger partial charge in [-0.25, -0.2) is 0 Å². The standard InChI is InChI=1S/C43H44O3/c1-5-8-9-14-29-45-33-25-21-31(22-26-33)43(30-19-23-32(44-4)24-20-30)28-27-37-40-39(34-15-10-11-16-35(34)41(37)46-43)36-17-12-13-18-38(36)42(40,6-2)7-3/h10-13,15-28H,5-9,14,29H2,1-4H3. The molecule has 0 aromatic heterocycles. The van der Waals surface area contributed by atoms with Crippen molar-refractivity contribution < 1.29 is 14.2 Å². The minimum atomic E-state index is -0.831. The summed E-state index contributed by atoms with van der Waals surface area (Å²) < 4.78 is 19.2. The van der Waals surface area contributed by atoms with Gasteiger partial charge in [-0.2, -0.15) is 0 Å². The van der Waals surface area contributed by atoms with E-state index in [2.05, 4.69) is 118 Å². The summed E-state index contributed by atoms with van der Waals surface area (Å²) in [5.41, 5.74) is 7.94. The summed E-state index contributed by atoms with van der Waals surface area (Å²) in [6.45, 7) is 7.64. The van der Waals surface area contributed by atoms with Crippen LogP contribution in [-0.2, 0) is 11.0 Å². The van der Waals surface area contributed by atoms with Gasteiger partial charge in [0.05, 0.1) is 13.7 Å². The van der Waals surface area contributed by atoms with Gasteiger partial charge in [0, 0.05) is 27.5 Å². The summed E-state index contributed by atoms with van der Waals surface area (Å²) in [5, 5.41) is 2.39. The molecular weight excluding hydrogens is 564 g/mol. The van der Waals surface area contributed by atoms with Gasteiger partial charge in [-0.3, -0.25) is 0 Å². The van der Waals surface area contributed by atoms with Gasteiger partial charge in [0.1, 0.15) is 17.2 Å². The Labute approximate surface area is 273 Å². The highest BCUT2D eigenvalue weighted by atomic mass is 16.5. The van der Waals surface area contributed by atoms with Crippen molar-refractivity contribution in [3.63, 3.8) is 0 Å². The average molecular weight is 609 g/mol. The summed E-state index contributed by atoms with van der Waals surface area (Å²) in [6, 6.07) is 34.6.